The molecule has 0 aromatic carbocycles. The summed E-state index contributed by atoms with van der Waals surface area (Å²) >= 11 is 0. The van der Waals surface area contributed by atoms with Gasteiger partial charge in [0.25, 0.3) is 0 Å². The van der Waals surface area contributed by atoms with Crippen molar-refractivity contribution in [1.82, 2.24) is 0 Å². The van der Waals surface area contributed by atoms with E-state index in [2.05, 4.69) is 25.2 Å². The standard InChI is InChI=1S/C7H10.C4H12OSi/c1-2-7-4-3-6(1)5-7;1-4-5-6(2)3/h1-2,6-7H,3-5H2;6H,4H2,1-3H3. The van der Waals surface area contributed by atoms with E-state index in [-0.39, 0.29) is 0 Å². The zero-order valence-corrected chi connectivity index (χ0v) is 10.3. The molecule has 2 rings (SSSR count). The average Bonchev–Trinajstić information content (AvgIpc) is 2.66. The Kier molecular flexibility index (Phi) is 4.74. The van der Waals surface area contributed by atoms with Crippen LogP contribution in [0.5, 0.6) is 0 Å². The maximum Gasteiger partial charge on any atom is 0.170 e. The molecule has 13 heavy (non-hydrogen) atoms. The molecule has 0 saturated heterocycles. The summed E-state index contributed by atoms with van der Waals surface area (Å²) < 4.78 is 5.18. The summed E-state index contributed by atoms with van der Waals surface area (Å²) in [6, 6.07) is 0. The lowest BCUT2D eigenvalue weighted by Crippen LogP contribution is -2.05. The molecule has 0 heterocycles. The van der Waals surface area contributed by atoms with Gasteiger partial charge in [-0.15, -0.1) is 0 Å². The van der Waals surface area contributed by atoms with E-state index in [4.69, 9.17) is 4.43 Å². The molecule has 1 saturated carbocycles. The van der Waals surface area contributed by atoms with E-state index in [0.717, 1.165) is 18.4 Å². The van der Waals surface area contributed by atoms with Crippen molar-refractivity contribution in [3.05, 3.63) is 12.2 Å². The molecule has 0 spiro atoms. The van der Waals surface area contributed by atoms with Gasteiger partial charge in [0, 0.05) is 6.61 Å². The highest BCUT2D eigenvalue weighted by Crippen LogP contribution is 2.38. The van der Waals surface area contributed by atoms with Crippen LogP contribution in [0.15, 0.2) is 12.2 Å². The van der Waals surface area contributed by atoms with Crippen molar-refractivity contribution < 1.29 is 4.43 Å². The second kappa shape index (κ2) is 5.61. The Balaban J connectivity index is 0.000000133. The Morgan fingerprint density at radius 2 is 1.77 bits per heavy atom. The van der Waals surface area contributed by atoms with Gasteiger partial charge in [-0.05, 0) is 51.1 Å². The predicted molar refractivity (Wildman–Crippen MR) is 60.5 cm³/mol. The van der Waals surface area contributed by atoms with E-state index in [9.17, 15) is 0 Å². The first-order chi connectivity index (χ1) is 6.22. The van der Waals surface area contributed by atoms with Crippen LogP contribution in [0.25, 0.3) is 0 Å². The molecule has 1 fully saturated rings. The second-order valence-electron chi connectivity index (χ2n) is 4.22. The Bertz CT molecular complexity index is 153. The van der Waals surface area contributed by atoms with E-state index in [1.165, 1.54) is 19.3 Å². The highest BCUT2D eigenvalue weighted by Gasteiger charge is 2.25. The molecular formula is C11H22OSi. The molecule has 0 aromatic rings. The highest BCUT2D eigenvalue weighted by atomic mass is 28.3. The lowest BCUT2D eigenvalue weighted by Gasteiger charge is -1.98. The maximum atomic E-state index is 5.18. The van der Waals surface area contributed by atoms with Crippen molar-refractivity contribution in [1.29, 1.82) is 0 Å². The first kappa shape index (κ1) is 11.0. The summed E-state index contributed by atoms with van der Waals surface area (Å²) in [5.41, 5.74) is 0. The van der Waals surface area contributed by atoms with Gasteiger partial charge >= 0.3 is 0 Å². The summed E-state index contributed by atoms with van der Waals surface area (Å²) in [7, 11) is -0.671. The van der Waals surface area contributed by atoms with Crippen LogP contribution in [0.2, 0.25) is 13.1 Å². The van der Waals surface area contributed by atoms with Crippen LogP contribution in [0.4, 0.5) is 0 Å². The van der Waals surface area contributed by atoms with Crippen molar-refractivity contribution in [2.75, 3.05) is 6.61 Å². The summed E-state index contributed by atoms with van der Waals surface area (Å²) in [6.45, 7) is 7.27. The van der Waals surface area contributed by atoms with Gasteiger partial charge < -0.3 is 4.43 Å². The zero-order chi connectivity index (χ0) is 9.68. The lowest BCUT2D eigenvalue weighted by molar-refractivity contribution is 0.350. The van der Waals surface area contributed by atoms with Gasteiger partial charge in [0.1, 0.15) is 0 Å². The molecule has 1 nitrogen and oxygen atoms in total. The normalized spacial score (nSPS) is 29.2. The van der Waals surface area contributed by atoms with Gasteiger partial charge in [-0.1, -0.05) is 12.2 Å². The second-order valence-corrected chi connectivity index (χ2v) is 6.65. The van der Waals surface area contributed by atoms with E-state index in [1.54, 1.807) is 0 Å². The summed E-state index contributed by atoms with van der Waals surface area (Å²) in [5, 5.41) is 0. The topological polar surface area (TPSA) is 9.23 Å². The van der Waals surface area contributed by atoms with Crippen LogP contribution in [0.3, 0.4) is 0 Å². The first-order valence-electron chi connectivity index (χ1n) is 5.52. The third-order valence-electron chi connectivity index (χ3n) is 2.67. The third kappa shape index (κ3) is 4.10. The summed E-state index contributed by atoms with van der Waals surface area (Å²) in [4.78, 5) is 0. The zero-order valence-electron chi connectivity index (χ0n) is 9.12. The molecule has 2 aliphatic carbocycles. The number of fused-ring (bicyclic) bond motifs is 2. The highest BCUT2D eigenvalue weighted by molar-refractivity contribution is 6.48. The first-order valence-corrected chi connectivity index (χ1v) is 8.30. The van der Waals surface area contributed by atoms with Gasteiger partial charge in [-0.2, -0.15) is 0 Å². The molecule has 0 aliphatic heterocycles. The lowest BCUT2D eigenvalue weighted by atomic mass is 10.1. The molecular weight excluding hydrogens is 176 g/mol. The van der Waals surface area contributed by atoms with Crippen molar-refractivity contribution in [3.8, 4) is 0 Å². The molecule has 2 unspecified atom stereocenters. The molecule has 2 aliphatic rings. The van der Waals surface area contributed by atoms with Gasteiger partial charge in [-0.3, -0.25) is 0 Å². The van der Waals surface area contributed by atoms with E-state index in [1.807, 2.05) is 6.92 Å². The Labute approximate surface area is 83.9 Å². The number of hydrogen-bond donors (Lipinski definition) is 0. The van der Waals surface area contributed by atoms with Crippen LogP contribution in [-0.2, 0) is 4.43 Å². The minimum atomic E-state index is -0.671. The molecule has 0 amide bonds. The summed E-state index contributed by atoms with van der Waals surface area (Å²) in [6.07, 6.45) is 9.19. The molecule has 0 radical (unpaired) electrons. The van der Waals surface area contributed by atoms with Crippen molar-refractivity contribution >= 4 is 9.04 Å². The summed E-state index contributed by atoms with van der Waals surface area (Å²) in [5.74, 6) is 1.98. The van der Waals surface area contributed by atoms with Crippen LogP contribution in [-0.4, -0.2) is 15.6 Å². The SMILES string of the molecule is C1=CC2CCC1C2.CCO[SiH](C)C. The molecule has 2 bridgehead atoms. The third-order valence-corrected chi connectivity index (χ3v) is 3.67. The molecule has 2 heteroatoms. The molecule has 2 atom stereocenters. The Morgan fingerprint density at radius 3 is 1.85 bits per heavy atom. The van der Waals surface area contributed by atoms with Gasteiger partial charge in [0.2, 0.25) is 0 Å². The number of allylic oxidation sites excluding steroid dienone is 2. The van der Waals surface area contributed by atoms with Crippen LogP contribution < -0.4 is 0 Å². The average molecular weight is 198 g/mol. The number of hydrogen-bond acceptors (Lipinski definition) is 1. The molecule has 0 N–H and O–H groups in total. The Hall–Kier alpha value is -0.0831. The van der Waals surface area contributed by atoms with E-state index >= 15 is 0 Å². The van der Waals surface area contributed by atoms with Crippen LogP contribution >= 0.6 is 0 Å². The minimum absolute atomic E-state index is 0.671. The van der Waals surface area contributed by atoms with Gasteiger partial charge in [0.15, 0.2) is 9.04 Å². The fraction of sp³-hybridized carbons (Fsp3) is 0.818. The quantitative estimate of drug-likeness (QED) is 0.489. The Morgan fingerprint density at radius 1 is 1.23 bits per heavy atom. The largest absolute Gasteiger partial charge is 0.421 e. The van der Waals surface area contributed by atoms with E-state index in [0.29, 0.717) is 0 Å². The smallest absolute Gasteiger partial charge is 0.170 e. The predicted octanol–water partition coefficient (Wildman–Crippen LogP) is 2.98. The number of rotatable bonds is 2. The maximum absolute atomic E-state index is 5.18. The van der Waals surface area contributed by atoms with E-state index < -0.39 is 9.04 Å². The monoisotopic (exact) mass is 198 g/mol. The molecule has 0 aromatic heterocycles. The van der Waals surface area contributed by atoms with Crippen molar-refractivity contribution in [3.63, 3.8) is 0 Å². The van der Waals surface area contributed by atoms with Gasteiger partial charge in [-0.25, -0.2) is 0 Å². The fourth-order valence-corrected chi connectivity index (χ4v) is 2.72. The van der Waals surface area contributed by atoms with Crippen LogP contribution in [0, 0.1) is 11.8 Å². The van der Waals surface area contributed by atoms with Crippen LogP contribution in [0.1, 0.15) is 26.2 Å². The fourth-order valence-electron chi connectivity index (χ4n) is 2.05. The minimum Gasteiger partial charge on any atom is -0.421 e. The van der Waals surface area contributed by atoms with Crippen molar-refractivity contribution in [2.45, 2.75) is 39.3 Å². The molecule has 76 valence electrons. The van der Waals surface area contributed by atoms with Crippen molar-refractivity contribution in [2.24, 2.45) is 11.8 Å². The van der Waals surface area contributed by atoms with Gasteiger partial charge in [0.05, 0.1) is 0 Å².